The molecular weight excluding hydrogens is 595 g/mol. The second kappa shape index (κ2) is 13.1. The van der Waals surface area contributed by atoms with Crippen LogP contribution in [0.5, 0.6) is 5.75 Å². The maximum Gasteiger partial charge on any atom is 0.419 e. The van der Waals surface area contributed by atoms with Crippen LogP contribution in [-0.4, -0.2) is 65.3 Å². The molecule has 0 spiro atoms. The number of carbonyl (C=O) groups excluding carboxylic acids is 2. The summed E-state index contributed by atoms with van der Waals surface area (Å²) >= 11 is 5.65. The van der Waals surface area contributed by atoms with Crippen LogP contribution in [0.2, 0.25) is 0 Å². The highest BCUT2D eigenvalue weighted by atomic mass is 32.1. The van der Waals surface area contributed by atoms with Crippen LogP contribution in [0, 0.1) is 17.2 Å². The molecule has 2 aliphatic rings. The quantitative estimate of drug-likeness (QED) is 0.263. The van der Waals surface area contributed by atoms with Gasteiger partial charge in [-0.3, -0.25) is 19.4 Å². The fraction of sp³-hybridized carbons (Fsp3) is 0.516. The number of thiocarbonyl (C=S) groups is 1. The lowest BCUT2D eigenvalue weighted by atomic mass is 9.93. The van der Waals surface area contributed by atoms with Crippen molar-refractivity contribution in [2.75, 3.05) is 36.6 Å². The predicted octanol–water partition coefficient (Wildman–Crippen LogP) is 5.49. The smallest absolute Gasteiger partial charge is 0.419 e. The van der Waals surface area contributed by atoms with E-state index in [0.717, 1.165) is 55.1 Å². The molecule has 2 fully saturated rings. The number of esters is 1. The summed E-state index contributed by atoms with van der Waals surface area (Å²) in [4.78, 5) is 33.8. The number of alkyl halides is 3. The van der Waals surface area contributed by atoms with E-state index >= 15 is 0 Å². The van der Waals surface area contributed by atoms with Crippen LogP contribution in [0.15, 0.2) is 30.5 Å². The van der Waals surface area contributed by atoms with Crippen molar-refractivity contribution in [3.63, 3.8) is 0 Å². The molecule has 1 amide bonds. The average molecular weight is 632 g/mol. The molecule has 0 saturated carbocycles. The monoisotopic (exact) mass is 631 g/mol. The fourth-order valence-electron chi connectivity index (χ4n) is 5.74. The summed E-state index contributed by atoms with van der Waals surface area (Å²) in [6.45, 7) is 9.32. The maximum atomic E-state index is 13.6. The molecular formula is C31H36F3N5O4S. The Morgan fingerprint density at radius 3 is 2.50 bits per heavy atom. The highest BCUT2D eigenvalue weighted by Gasteiger charge is 2.51. The number of hydrogen-bond donors (Lipinski definition) is 0. The fourth-order valence-corrected chi connectivity index (χ4v) is 6.27. The van der Waals surface area contributed by atoms with Crippen LogP contribution in [0.1, 0.15) is 63.8 Å². The number of likely N-dealkylation sites (tertiary alicyclic amines) is 1. The zero-order chi connectivity index (χ0) is 32.4. The Kier molecular flexibility index (Phi) is 9.85. The normalized spacial score (nSPS) is 18.3. The minimum atomic E-state index is -4.83. The van der Waals surface area contributed by atoms with Gasteiger partial charge >= 0.3 is 12.1 Å². The van der Waals surface area contributed by atoms with E-state index in [1.165, 1.54) is 13.2 Å². The Morgan fingerprint density at radius 2 is 1.91 bits per heavy atom. The van der Waals surface area contributed by atoms with Crippen molar-refractivity contribution in [3.05, 3.63) is 47.3 Å². The number of benzene rings is 1. The number of halogens is 3. The third-order valence-corrected chi connectivity index (χ3v) is 8.78. The summed E-state index contributed by atoms with van der Waals surface area (Å²) in [7, 11) is 1.40. The molecule has 4 rings (SSSR count). The van der Waals surface area contributed by atoms with Gasteiger partial charge in [-0.25, -0.2) is 4.98 Å². The number of aromatic nitrogens is 1. The molecule has 1 atom stereocenters. The Morgan fingerprint density at radius 1 is 1.23 bits per heavy atom. The van der Waals surface area contributed by atoms with Crippen molar-refractivity contribution in [2.24, 2.45) is 5.92 Å². The lowest BCUT2D eigenvalue weighted by Gasteiger charge is -2.34. The largest absolute Gasteiger partial charge is 0.493 e. The second-order valence-corrected chi connectivity index (χ2v) is 11.8. The standard InChI is InChI=1S/C31H36F3N5O4S/c1-6-21-15-22(7-8-26(21)43-14-11-20-9-12-37(13-10-20)19(2)27(40)42-5)39-29(44)38(28(41)30(39,3)4)23-16-24(31(32,33)34)25(17-35)36-18-23/h7-8,15-16,18-20H,6,9-14H2,1-5H3. The van der Waals surface area contributed by atoms with Gasteiger partial charge in [-0.05, 0) is 108 Å². The first-order valence-electron chi connectivity index (χ1n) is 14.5. The summed E-state index contributed by atoms with van der Waals surface area (Å²) < 4.78 is 51.9. The number of nitriles is 1. The Labute approximate surface area is 260 Å². The third kappa shape index (κ3) is 6.51. The number of methoxy groups -OCH3 is 1. The van der Waals surface area contributed by atoms with Crippen molar-refractivity contribution in [1.29, 1.82) is 5.26 Å². The number of anilines is 2. The summed E-state index contributed by atoms with van der Waals surface area (Å²) in [5.74, 6) is 0.451. The Bertz CT molecular complexity index is 1470. The van der Waals surface area contributed by atoms with Gasteiger partial charge in [0.2, 0.25) is 0 Å². The molecule has 2 aromatic rings. The molecule has 1 unspecified atom stereocenters. The highest BCUT2D eigenvalue weighted by molar-refractivity contribution is 7.81. The van der Waals surface area contributed by atoms with E-state index in [2.05, 4.69) is 9.88 Å². The van der Waals surface area contributed by atoms with E-state index in [1.54, 1.807) is 24.8 Å². The number of rotatable bonds is 9. The number of carbonyl (C=O) groups is 2. The van der Waals surface area contributed by atoms with Gasteiger partial charge in [-0.1, -0.05) is 6.92 Å². The highest BCUT2D eigenvalue weighted by Crippen LogP contribution is 2.40. The molecule has 1 aromatic carbocycles. The first kappa shape index (κ1) is 33.1. The molecule has 2 aliphatic heterocycles. The number of piperidine rings is 1. The lowest BCUT2D eigenvalue weighted by Crippen LogP contribution is -2.44. The van der Waals surface area contributed by atoms with Gasteiger partial charge in [0.1, 0.15) is 23.4 Å². The first-order chi connectivity index (χ1) is 20.7. The summed E-state index contributed by atoms with van der Waals surface area (Å²) in [5, 5.41) is 9.11. The molecule has 13 heteroatoms. The zero-order valence-electron chi connectivity index (χ0n) is 25.4. The molecule has 0 N–H and O–H groups in total. The van der Waals surface area contributed by atoms with E-state index < -0.39 is 28.9 Å². The van der Waals surface area contributed by atoms with Crippen molar-refractivity contribution < 1.29 is 32.2 Å². The number of amides is 1. The van der Waals surface area contributed by atoms with E-state index in [4.69, 9.17) is 27.0 Å². The minimum absolute atomic E-state index is 0.00298. The average Bonchev–Trinajstić information content (AvgIpc) is 3.18. The van der Waals surface area contributed by atoms with Crippen LogP contribution >= 0.6 is 12.2 Å². The number of hydrogen-bond acceptors (Lipinski definition) is 8. The number of nitrogens with zero attached hydrogens (tertiary/aromatic N) is 5. The van der Waals surface area contributed by atoms with Gasteiger partial charge < -0.3 is 14.4 Å². The molecule has 1 aromatic heterocycles. The molecule has 0 aliphatic carbocycles. The maximum absolute atomic E-state index is 13.6. The minimum Gasteiger partial charge on any atom is -0.493 e. The topological polar surface area (TPSA) is 99.0 Å². The predicted molar refractivity (Wildman–Crippen MR) is 162 cm³/mol. The Balaban J connectivity index is 1.47. The molecule has 9 nitrogen and oxygen atoms in total. The van der Waals surface area contributed by atoms with Crippen LogP contribution in [0.25, 0.3) is 0 Å². The van der Waals surface area contributed by atoms with Gasteiger partial charge in [-0.2, -0.15) is 18.4 Å². The summed E-state index contributed by atoms with van der Waals surface area (Å²) in [6.07, 6.45) is -0.336. The summed E-state index contributed by atoms with van der Waals surface area (Å²) in [5.41, 5.74) is -1.89. The van der Waals surface area contributed by atoms with Crippen LogP contribution in [0.3, 0.4) is 0 Å². The summed E-state index contributed by atoms with van der Waals surface area (Å²) in [6, 6.07) is 7.41. The van der Waals surface area contributed by atoms with Crippen molar-refractivity contribution in [1.82, 2.24) is 9.88 Å². The number of pyridine rings is 1. The van der Waals surface area contributed by atoms with Gasteiger partial charge in [0.05, 0.1) is 31.2 Å². The number of ether oxygens (including phenoxy) is 2. The number of aryl methyl sites for hydroxylation is 1. The SMILES string of the molecule is CCc1cc(N2C(=S)N(c3cnc(C#N)c(C(F)(F)F)c3)C(=O)C2(C)C)ccc1OCCC1CCN(C(C)C(=O)OC)CC1. The second-order valence-electron chi connectivity index (χ2n) is 11.5. The third-order valence-electron chi connectivity index (χ3n) is 8.42. The van der Waals surface area contributed by atoms with Crippen LogP contribution in [-0.2, 0) is 26.9 Å². The molecule has 3 heterocycles. The Hall–Kier alpha value is -3.76. The molecule has 44 heavy (non-hydrogen) atoms. The van der Waals surface area contributed by atoms with Crippen LogP contribution < -0.4 is 14.5 Å². The van der Waals surface area contributed by atoms with Crippen LogP contribution in [0.4, 0.5) is 24.5 Å². The first-order valence-corrected chi connectivity index (χ1v) is 14.9. The van der Waals surface area contributed by atoms with E-state index in [9.17, 15) is 22.8 Å². The van der Waals surface area contributed by atoms with Crippen molar-refractivity contribution in [3.8, 4) is 11.8 Å². The van der Waals surface area contributed by atoms with Gasteiger partial charge in [-0.15, -0.1) is 0 Å². The molecule has 0 radical (unpaired) electrons. The van der Waals surface area contributed by atoms with Gasteiger partial charge in [0, 0.05) is 5.69 Å². The van der Waals surface area contributed by atoms with E-state index in [1.807, 2.05) is 26.0 Å². The molecule has 0 bridgehead atoms. The van der Waals surface area contributed by atoms with Crippen molar-refractivity contribution in [2.45, 2.75) is 71.1 Å². The molecule has 2 saturated heterocycles. The van der Waals surface area contributed by atoms with Crippen molar-refractivity contribution >= 4 is 40.6 Å². The van der Waals surface area contributed by atoms with Gasteiger partial charge in [0.15, 0.2) is 10.8 Å². The van der Waals surface area contributed by atoms with E-state index in [0.29, 0.717) is 30.4 Å². The van der Waals surface area contributed by atoms with E-state index in [-0.39, 0.29) is 22.8 Å². The van der Waals surface area contributed by atoms with Gasteiger partial charge in [0.25, 0.3) is 5.91 Å². The molecule has 236 valence electrons. The lowest BCUT2D eigenvalue weighted by molar-refractivity contribution is -0.147. The zero-order valence-corrected chi connectivity index (χ0v) is 26.2.